The number of nitrogens with zero attached hydrogens (tertiary/aromatic N) is 1. The topological polar surface area (TPSA) is 89.9 Å². The fourth-order valence-electron chi connectivity index (χ4n) is 1.74. The van der Waals surface area contributed by atoms with E-state index in [1.807, 2.05) is 0 Å². The number of likely N-dealkylation sites (tertiary alicyclic amines) is 1. The molecular formula is C11H12N2O4. The Balaban J connectivity index is 1.96. The Labute approximate surface area is 97.5 Å². The van der Waals surface area contributed by atoms with E-state index in [-0.39, 0.29) is 23.3 Å². The highest BCUT2D eigenvalue weighted by Crippen LogP contribution is 2.20. The first-order valence-electron chi connectivity index (χ1n) is 5.14. The zero-order valence-corrected chi connectivity index (χ0v) is 8.96. The summed E-state index contributed by atoms with van der Waals surface area (Å²) in [5, 5.41) is 20.3. The summed E-state index contributed by atoms with van der Waals surface area (Å²) in [5.41, 5.74) is 0.237. The average molecular weight is 236 g/mol. The Morgan fingerprint density at radius 2 is 1.94 bits per heavy atom. The number of benzene rings is 1. The number of phenols is 1. The molecule has 17 heavy (non-hydrogen) atoms. The number of rotatable bonds is 2. The van der Waals surface area contributed by atoms with E-state index in [1.54, 1.807) is 12.1 Å². The molecule has 3 N–H and O–H groups in total. The molecule has 1 saturated heterocycles. The Morgan fingerprint density at radius 1 is 1.29 bits per heavy atom. The van der Waals surface area contributed by atoms with Crippen molar-refractivity contribution in [3.05, 3.63) is 29.8 Å². The minimum atomic E-state index is -1.09. The maximum Gasteiger partial charge on any atom is 0.405 e. The van der Waals surface area contributed by atoms with Gasteiger partial charge in [0.15, 0.2) is 0 Å². The number of carboxylic acid groups (broad SMARTS) is 1. The molecule has 0 spiro atoms. The second-order valence-electron chi connectivity index (χ2n) is 3.87. The highest BCUT2D eigenvalue weighted by atomic mass is 16.4. The Kier molecular flexibility index (Phi) is 2.86. The number of hydrogen-bond donors (Lipinski definition) is 3. The van der Waals surface area contributed by atoms with Crippen LogP contribution < -0.4 is 5.32 Å². The van der Waals surface area contributed by atoms with Crippen molar-refractivity contribution in [3.63, 3.8) is 0 Å². The molecule has 1 heterocycles. The highest BCUT2D eigenvalue weighted by molar-refractivity contribution is 5.97. The molecule has 6 heteroatoms. The van der Waals surface area contributed by atoms with E-state index in [4.69, 9.17) is 5.11 Å². The number of carbonyl (C=O) groups is 2. The molecule has 0 bridgehead atoms. The minimum Gasteiger partial charge on any atom is -0.507 e. The minimum absolute atomic E-state index is 0.0628. The predicted molar refractivity (Wildman–Crippen MR) is 59.0 cm³/mol. The Bertz CT molecular complexity index is 455. The van der Waals surface area contributed by atoms with Crippen molar-refractivity contribution in [1.82, 2.24) is 10.2 Å². The molecule has 6 nitrogen and oxygen atoms in total. The third kappa shape index (κ3) is 2.30. The quantitative estimate of drug-likeness (QED) is 0.696. The maximum atomic E-state index is 11.9. The second kappa shape index (κ2) is 4.32. The molecule has 0 aliphatic carbocycles. The van der Waals surface area contributed by atoms with E-state index in [2.05, 4.69) is 5.32 Å². The molecule has 0 aromatic heterocycles. The molecule has 0 unspecified atom stereocenters. The van der Waals surface area contributed by atoms with Gasteiger partial charge >= 0.3 is 6.09 Å². The van der Waals surface area contributed by atoms with Crippen LogP contribution in [0.1, 0.15) is 10.4 Å². The predicted octanol–water partition coefficient (Wildman–Crippen LogP) is 0.484. The zero-order valence-electron chi connectivity index (χ0n) is 8.96. The lowest BCUT2D eigenvalue weighted by Crippen LogP contribution is -2.60. The van der Waals surface area contributed by atoms with Crippen LogP contribution in [-0.2, 0) is 0 Å². The monoisotopic (exact) mass is 236 g/mol. The van der Waals surface area contributed by atoms with E-state index < -0.39 is 6.09 Å². The fourth-order valence-corrected chi connectivity index (χ4v) is 1.74. The van der Waals surface area contributed by atoms with Gasteiger partial charge in [0.1, 0.15) is 5.75 Å². The van der Waals surface area contributed by atoms with Gasteiger partial charge < -0.3 is 20.4 Å². The summed E-state index contributed by atoms with van der Waals surface area (Å²) in [6, 6.07) is 6.06. The summed E-state index contributed by atoms with van der Waals surface area (Å²) < 4.78 is 0. The zero-order chi connectivity index (χ0) is 12.4. The molecule has 2 amide bonds. The van der Waals surface area contributed by atoms with E-state index in [1.165, 1.54) is 17.0 Å². The van der Waals surface area contributed by atoms with Crippen LogP contribution in [0.15, 0.2) is 24.3 Å². The Hall–Kier alpha value is -2.24. The number of para-hydroxylation sites is 1. The van der Waals surface area contributed by atoms with Crippen molar-refractivity contribution in [2.45, 2.75) is 6.04 Å². The first-order chi connectivity index (χ1) is 8.08. The van der Waals surface area contributed by atoms with Gasteiger partial charge in [0.2, 0.25) is 0 Å². The van der Waals surface area contributed by atoms with Crippen molar-refractivity contribution in [2.75, 3.05) is 13.1 Å². The number of phenolic OH excluding ortho intramolecular Hbond substituents is 1. The smallest absolute Gasteiger partial charge is 0.405 e. The molecule has 1 fully saturated rings. The molecule has 1 aromatic rings. The van der Waals surface area contributed by atoms with Crippen LogP contribution in [0, 0.1) is 0 Å². The maximum absolute atomic E-state index is 11.9. The van der Waals surface area contributed by atoms with Crippen LogP contribution in [0.25, 0.3) is 0 Å². The van der Waals surface area contributed by atoms with Gasteiger partial charge in [-0.15, -0.1) is 0 Å². The normalized spacial score (nSPS) is 15.2. The van der Waals surface area contributed by atoms with Crippen molar-refractivity contribution in [3.8, 4) is 5.75 Å². The summed E-state index contributed by atoms with van der Waals surface area (Å²) in [7, 11) is 0. The van der Waals surface area contributed by atoms with Crippen LogP contribution in [0.2, 0.25) is 0 Å². The number of amides is 2. The van der Waals surface area contributed by atoms with Crippen LogP contribution in [0.5, 0.6) is 5.75 Å². The second-order valence-corrected chi connectivity index (χ2v) is 3.87. The van der Waals surface area contributed by atoms with Crippen LogP contribution in [0.4, 0.5) is 4.79 Å². The van der Waals surface area contributed by atoms with Crippen LogP contribution in [-0.4, -0.2) is 46.2 Å². The van der Waals surface area contributed by atoms with Crippen LogP contribution >= 0.6 is 0 Å². The van der Waals surface area contributed by atoms with E-state index >= 15 is 0 Å². The van der Waals surface area contributed by atoms with Gasteiger partial charge in [-0.05, 0) is 12.1 Å². The van der Waals surface area contributed by atoms with E-state index in [9.17, 15) is 14.7 Å². The van der Waals surface area contributed by atoms with Crippen molar-refractivity contribution < 1.29 is 19.8 Å². The first kappa shape index (κ1) is 11.3. The lowest BCUT2D eigenvalue weighted by molar-refractivity contribution is 0.0561. The summed E-state index contributed by atoms with van der Waals surface area (Å²) in [6.45, 7) is 0.666. The fraction of sp³-hybridized carbons (Fsp3) is 0.273. The van der Waals surface area contributed by atoms with Gasteiger partial charge in [-0.25, -0.2) is 4.79 Å². The molecular weight excluding hydrogens is 224 g/mol. The van der Waals surface area contributed by atoms with Gasteiger partial charge in [0.05, 0.1) is 11.6 Å². The number of hydrogen-bond acceptors (Lipinski definition) is 3. The summed E-state index contributed by atoms with van der Waals surface area (Å²) >= 11 is 0. The summed E-state index contributed by atoms with van der Waals surface area (Å²) in [6.07, 6.45) is -1.09. The SMILES string of the molecule is O=C(O)NC1CN(C(=O)c2ccccc2O)C1. The first-order valence-corrected chi connectivity index (χ1v) is 5.14. The highest BCUT2D eigenvalue weighted by Gasteiger charge is 2.32. The molecule has 1 aliphatic heterocycles. The van der Waals surface area contributed by atoms with Crippen molar-refractivity contribution >= 4 is 12.0 Å². The van der Waals surface area contributed by atoms with Gasteiger partial charge in [-0.1, -0.05) is 12.1 Å². The molecule has 2 rings (SSSR count). The number of nitrogens with one attached hydrogen (secondary N) is 1. The molecule has 0 saturated carbocycles. The van der Waals surface area contributed by atoms with Gasteiger partial charge in [-0.2, -0.15) is 0 Å². The number of aromatic hydroxyl groups is 1. The molecule has 90 valence electrons. The van der Waals surface area contributed by atoms with Crippen LogP contribution in [0.3, 0.4) is 0 Å². The van der Waals surface area contributed by atoms with E-state index in [0.29, 0.717) is 13.1 Å². The largest absolute Gasteiger partial charge is 0.507 e. The third-order valence-corrected chi connectivity index (χ3v) is 2.63. The molecule has 0 atom stereocenters. The average Bonchev–Trinajstić information content (AvgIpc) is 2.22. The Morgan fingerprint density at radius 3 is 2.53 bits per heavy atom. The van der Waals surface area contributed by atoms with Crippen molar-refractivity contribution in [1.29, 1.82) is 0 Å². The third-order valence-electron chi connectivity index (χ3n) is 2.63. The summed E-state index contributed by atoms with van der Waals surface area (Å²) in [4.78, 5) is 23.7. The van der Waals surface area contributed by atoms with Gasteiger partial charge in [-0.3, -0.25) is 4.79 Å². The standard InChI is InChI=1S/C11H12N2O4/c14-9-4-2-1-3-8(9)10(15)13-5-7(6-13)12-11(16)17/h1-4,7,12,14H,5-6H2,(H,16,17). The van der Waals surface area contributed by atoms with Crippen molar-refractivity contribution in [2.24, 2.45) is 0 Å². The van der Waals surface area contributed by atoms with E-state index in [0.717, 1.165) is 0 Å². The van der Waals surface area contributed by atoms with Gasteiger partial charge in [0, 0.05) is 13.1 Å². The molecule has 1 aromatic carbocycles. The number of carbonyl (C=O) groups excluding carboxylic acids is 1. The lowest BCUT2D eigenvalue weighted by Gasteiger charge is -2.38. The van der Waals surface area contributed by atoms with Gasteiger partial charge in [0.25, 0.3) is 5.91 Å². The lowest BCUT2D eigenvalue weighted by atomic mass is 10.1. The molecule has 0 radical (unpaired) electrons. The summed E-state index contributed by atoms with van der Waals surface area (Å²) in [5.74, 6) is -0.348. The molecule has 1 aliphatic rings.